The number of hydrogen-bond donors (Lipinski definition) is 1. The van der Waals surface area contributed by atoms with E-state index >= 15 is 0 Å². The number of aromatic nitrogens is 1. The van der Waals surface area contributed by atoms with Gasteiger partial charge < -0.3 is 14.6 Å². The number of piperazine rings is 1. The molecule has 0 unspecified atom stereocenters. The Morgan fingerprint density at radius 2 is 1.27 bits per heavy atom. The second-order valence-corrected chi connectivity index (χ2v) is 11.1. The van der Waals surface area contributed by atoms with E-state index in [0.29, 0.717) is 13.1 Å². The molecule has 6 rings (SSSR count). The summed E-state index contributed by atoms with van der Waals surface area (Å²) in [4.78, 5) is 4.98. The number of rotatable bonds is 9. The van der Waals surface area contributed by atoms with E-state index in [-0.39, 0.29) is 0 Å². The van der Waals surface area contributed by atoms with Gasteiger partial charge >= 0.3 is 0 Å². The largest absolute Gasteiger partial charge is 0.390 e. The molecule has 204 valence electrons. The molecular formula is C36H39N3O. The Labute approximate surface area is 238 Å². The molecule has 1 aliphatic rings. The number of β-amino-alcohol motifs (C(OH)–C–C–N with tert-alkyl or cyclic N) is 1. The Balaban J connectivity index is 1.22. The van der Waals surface area contributed by atoms with Crippen LogP contribution in [0.15, 0.2) is 109 Å². The lowest BCUT2D eigenvalue weighted by molar-refractivity contribution is 0.0656. The number of hydrogen-bond acceptors (Lipinski definition) is 3. The standard InChI is InChI=1S/C36H39N3O/c1-28-17-18-34-33(25-28)35(30-13-7-3-8-14-30)36(31-15-9-4-10-16-31)39(34)27-32(40)26-38-23-21-37(22-24-38)20-19-29-11-5-2-6-12-29/h2-18,25,32,40H,19-24,26-27H2,1H3/t32-/m0/s1. The van der Waals surface area contributed by atoms with Crippen molar-refractivity contribution in [3.05, 3.63) is 120 Å². The van der Waals surface area contributed by atoms with Gasteiger partial charge in [0.05, 0.1) is 18.3 Å². The van der Waals surface area contributed by atoms with E-state index in [1.807, 2.05) is 0 Å². The lowest BCUT2D eigenvalue weighted by Gasteiger charge is -2.35. The van der Waals surface area contributed by atoms with Crippen LogP contribution in [0.25, 0.3) is 33.3 Å². The summed E-state index contributed by atoms with van der Waals surface area (Å²) in [5, 5.41) is 12.7. The van der Waals surface area contributed by atoms with Crippen LogP contribution in [-0.4, -0.2) is 64.8 Å². The Kier molecular flexibility index (Phi) is 8.10. The van der Waals surface area contributed by atoms with Crippen molar-refractivity contribution in [2.45, 2.75) is 26.0 Å². The van der Waals surface area contributed by atoms with Gasteiger partial charge in [-0.05, 0) is 42.2 Å². The van der Waals surface area contributed by atoms with Gasteiger partial charge in [0.2, 0.25) is 0 Å². The summed E-state index contributed by atoms with van der Waals surface area (Å²) in [7, 11) is 0. The lowest BCUT2D eigenvalue weighted by atomic mass is 9.98. The molecule has 1 atom stereocenters. The van der Waals surface area contributed by atoms with Crippen molar-refractivity contribution in [2.75, 3.05) is 39.3 Å². The van der Waals surface area contributed by atoms with E-state index < -0.39 is 6.10 Å². The van der Waals surface area contributed by atoms with Gasteiger partial charge in [-0.2, -0.15) is 0 Å². The van der Waals surface area contributed by atoms with E-state index in [1.165, 1.54) is 44.4 Å². The average Bonchev–Trinajstić information content (AvgIpc) is 3.31. The minimum atomic E-state index is -0.459. The molecule has 4 nitrogen and oxygen atoms in total. The zero-order valence-corrected chi connectivity index (χ0v) is 23.4. The summed E-state index contributed by atoms with van der Waals surface area (Å²) in [6, 6.07) is 38.8. The van der Waals surface area contributed by atoms with Crippen molar-refractivity contribution in [3.8, 4) is 22.4 Å². The van der Waals surface area contributed by atoms with Crippen LogP contribution in [0.4, 0.5) is 0 Å². The second kappa shape index (κ2) is 12.2. The van der Waals surface area contributed by atoms with E-state index in [1.54, 1.807) is 0 Å². The van der Waals surface area contributed by atoms with Gasteiger partial charge in [-0.25, -0.2) is 0 Å². The third-order valence-electron chi connectivity index (χ3n) is 8.22. The molecule has 5 aromatic rings. The van der Waals surface area contributed by atoms with Gasteiger partial charge in [-0.3, -0.25) is 4.90 Å². The quantitative estimate of drug-likeness (QED) is 0.236. The van der Waals surface area contributed by atoms with Crippen LogP contribution in [0.5, 0.6) is 0 Å². The number of aliphatic hydroxyl groups is 1. The molecule has 4 aromatic carbocycles. The average molecular weight is 530 g/mol. The zero-order valence-electron chi connectivity index (χ0n) is 23.4. The molecule has 0 amide bonds. The zero-order chi connectivity index (χ0) is 27.3. The summed E-state index contributed by atoms with van der Waals surface area (Å²) >= 11 is 0. The van der Waals surface area contributed by atoms with Crippen molar-refractivity contribution in [2.24, 2.45) is 0 Å². The minimum absolute atomic E-state index is 0.459. The summed E-state index contributed by atoms with van der Waals surface area (Å²) in [6.07, 6.45) is 0.634. The first kappa shape index (κ1) is 26.5. The van der Waals surface area contributed by atoms with Gasteiger partial charge in [-0.1, -0.05) is 103 Å². The Morgan fingerprint density at radius 3 is 1.95 bits per heavy atom. The van der Waals surface area contributed by atoms with Gasteiger partial charge in [0, 0.05) is 55.7 Å². The molecule has 4 heteroatoms. The molecule has 0 radical (unpaired) electrons. The molecule has 1 aliphatic heterocycles. The molecule has 1 N–H and O–H groups in total. The maximum Gasteiger partial charge on any atom is 0.0845 e. The third-order valence-corrected chi connectivity index (χ3v) is 8.22. The van der Waals surface area contributed by atoms with E-state index in [9.17, 15) is 5.11 Å². The third kappa shape index (κ3) is 5.90. The Bertz CT molecular complexity index is 1520. The molecule has 0 spiro atoms. The molecule has 0 saturated carbocycles. The van der Waals surface area contributed by atoms with Crippen molar-refractivity contribution >= 4 is 10.9 Å². The molecule has 2 heterocycles. The van der Waals surface area contributed by atoms with Gasteiger partial charge in [0.25, 0.3) is 0 Å². The van der Waals surface area contributed by atoms with Crippen LogP contribution < -0.4 is 0 Å². The van der Waals surface area contributed by atoms with E-state index in [4.69, 9.17) is 0 Å². The smallest absolute Gasteiger partial charge is 0.0845 e. The highest BCUT2D eigenvalue weighted by atomic mass is 16.3. The van der Waals surface area contributed by atoms with Crippen molar-refractivity contribution in [3.63, 3.8) is 0 Å². The van der Waals surface area contributed by atoms with Crippen LogP contribution >= 0.6 is 0 Å². The first-order valence-corrected chi connectivity index (χ1v) is 14.6. The van der Waals surface area contributed by atoms with E-state index in [2.05, 4.69) is 130 Å². The van der Waals surface area contributed by atoms with Crippen LogP contribution in [-0.2, 0) is 13.0 Å². The minimum Gasteiger partial charge on any atom is -0.390 e. The van der Waals surface area contributed by atoms with Crippen LogP contribution in [0.3, 0.4) is 0 Å². The second-order valence-electron chi connectivity index (χ2n) is 11.1. The number of benzene rings is 4. The van der Waals surface area contributed by atoms with Gasteiger partial charge in [0.15, 0.2) is 0 Å². The fourth-order valence-electron chi connectivity index (χ4n) is 6.15. The van der Waals surface area contributed by atoms with E-state index in [0.717, 1.165) is 39.1 Å². The number of nitrogens with zero attached hydrogens (tertiary/aromatic N) is 3. The summed E-state index contributed by atoms with van der Waals surface area (Å²) in [6.45, 7) is 8.60. The highest BCUT2D eigenvalue weighted by Crippen LogP contribution is 2.41. The van der Waals surface area contributed by atoms with Crippen molar-refractivity contribution in [1.29, 1.82) is 0 Å². The Morgan fingerprint density at radius 1 is 0.675 bits per heavy atom. The normalized spacial score (nSPS) is 15.4. The fourth-order valence-corrected chi connectivity index (χ4v) is 6.15. The molecular weight excluding hydrogens is 490 g/mol. The molecule has 1 aromatic heterocycles. The first-order chi connectivity index (χ1) is 19.7. The molecule has 1 saturated heterocycles. The highest BCUT2D eigenvalue weighted by Gasteiger charge is 2.24. The SMILES string of the molecule is Cc1ccc2c(c1)c(-c1ccccc1)c(-c1ccccc1)n2C[C@@H](O)CN1CCN(CCc2ccccc2)CC1. The maximum absolute atomic E-state index is 11.5. The molecule has 0 bridgehead atoms. The fraction of sp³-hybridized carbons (Fsp3) is 0.278. The summed E-state index contributed by atoms with van der Waals surface area (Å²) < 4.78 is 2.35. The maximum atomic E-state index is 11.5. The van der Waals surface area contributed by atoms with Crippen molar-refractivity contribution < 1.29 is 5.11 Å². The lowest BCUT2D eigenvalue weighted by Crippen LogP contribution is -2.49. The number of aliphatic hydroxyl groups excluding tert-OH is 1. The van der Waals surface area contributed by atoms with Crippen LogP contribution in [0, 0.1) is 6.92 Å². The Hall–Kier alpha value is -3.70. The molecule has 1 fully saturated rings. The van der Waals surface area contributed by atoms with Gasteiger partial charge in [-0.15, -0.1) is 0 Å². The summed E-state index contributed by atoms with van der Waals surface area (Å²) in [5.41, 5.74) is 8.62. The topological polar surface area (TPSA) is 31.6 Å². The molecule has 40 heavy (non-hydrogen) atoms. The molecule has 0 aliphatic carbocycles. The van der Waals surface area contributed by atoms with Crippen LogP contribution in [0.2, 0.25) is 0 Å². The highest BCUT2D eigenvalue weighted by molar-refractivity contribution is 6.04. The number of aryl methyl sites for hydroxylation is 1. The summed E-state index contributed by atoms with van der Waals surface area (Å²) in [5.74, 6) is 0. The monoisotopic (exact) mass is 529 g/mol. The predicted molar refractivity (Wildman–Crippen MR) is 167 cm³/mol. The first-order valence-electron chi connectivity index (χ1n) is 14.6. The van der Waals surface area contributed by atoms with Crippen LogP contribution in [0.1, 0.15) is 11.1 Å². The number of fused-ring (bicyclic) bond motifs is 1. The van der Waals surface area contributed by atoms with Gasteiger partial charge in [0.1, 0.15) is 0 Å². The predicted octanol–water partition coefficient (Wildman–Crippen LogP) is 6.50. The van der Waals surface area contributed by atoms with Crippen molar-refractivity contribution in [1.82, 2.24) is 14.4 Å².